The molecular formula is C11H17FN4O. The SMILES string of the molecule is CCNc1ncc(F)c(NC2(C)CCOC2)n1. The van der Waals surface area contributed by atoms with Gasteiger partial charge in [-0.1, -0.05) is 0 Å². The van der Waals surface area contributed by atoms with Gasteiger partial charge in [-0.05, 0) is 20.3 Å². The lowest BCUT2D eigenvalue weighted by Gasteiger charge is -2.24. The van der Waals surface area contributed by atoms with E-state index in [1.54, 1.807) is 0 Å². The van der Waals surface area contributed by atoms with E-state index in [0.717, 1.165) is 6.42 Å². The van der Waals surface area contributed by atoms with E-state index in [-0.39, 0.29) is 11.4 Å². The molecule has 1 aliphatic rings. The summed E-state index contributed by atoms with van der Waals surface area (Å²) < 4.78 is 18.9. The summed E-state index contributed by atoms with van der Waals surface area (Å²) in [6.45, 7) is 5.88. The molecule has 1 saturated heterocycles. The van der Waals surface area contributed by atoms with E-state index in [4.69, 9.17) is 4.74 Å². The Kier molecular flexibility index (Phi) is 3.42. The monoisotopic (exact) mass is 240 g/mol. The van der Waals surface area contributed by atoms with Crippen molar-refractivity contribution in [3.63, 3.8) is 0 Å². The number of hydrogen-bond donors (Lipinski definition) is 2. The summed E-state index contributed by atoms with van der Waals surface area (Å²) in [5, 5.41) is 6.05. The minimum absolute atomic E-state index is 0.226. The standard InChI is InChI=1S/C11H17FN4O/c1-3-13-10-14-6-8(12)9(15-10)16-11(2)4-5-17-7-11/h6H,3-5,7H2,1-2H3,(H2,13,14,15,16). The van der Waals surface area contributed by atoms with E-state index < -0.39 is 5.82 Å². The fourth-order valence-electron chi connectivity index (χ4n) is 1.75. The van der Waals surface area contributed by atoms with E-state index in [1.165, 1.54) is 6.20 Å². The summed E-state index contributed by atoms with van der Waals surface area (Å²) in [5.74, 6) is 0.211. The number of nitrogens with zero attached hydrogens (tertiary/aromatic N) is 2. The summed E-state index contributed by atoms with van der Waals surface area (Å²) >= 11 is 0. The van der Waals surface area contributed by atoms with Crippen LogP contribution in [0, 0.1) is 5.82 Å². The van der Waals surface area contributed by atoms with Gasteiger partial charge in [-0.3, -0.25) is 0 Å². The van der Waals surface area contributed by atoms with Crippen molar-refractivity contribution in [1.29, 1.82) is 0 Å². The van der Waals surface area contributed by atoms with Gasteiger partial charge in [0.2, 0.25) is 5.95 Å². The fourth-order valence-corrected chi connectivity index (χ4v) is 1.75. The molecule has 0 amide bonds. The van der Waals surface area contributed by atoms with Crippen molar-refractivity contribution in [1.82, 2.24) is 9.97 Å². The van der Waals surface area contributed by atoms with Crippen LogP contribution in [0.5, 0.6) is 0 Å². The molecule has 6 heteroatoms. The molecule has 0 spiro atoms. The predicted molar refractivity (Wildman–Crippen MR) is 63.6 cm³/mol. The van der Waals surface area contributed by atoms with Gasteiger partial charge in [0.05, 0.1) is 18.3 Å². The highest BCUT2D eigenvalue weighted by Gasteiger charge is 2.30. The van der Waals surface area contributed by atoms with Gasteiger partial charge >= 0.3 is 0 Å². The lowest BCUT2D eigenvalue weighted by molar-refractivity contribution is 0.185. The van der Waals surface area contributed by atoms with Crippen molar-refractivity contribution in [2.24, 2.45) is 0 Å². The van der Waals surface area contributed by atoms with Crippen molar-refractivity contribution in [2.45, 2.75) is 25.8 Å². The number of nitrogens with one attached hydrogen (secondary N) is 2. The summed E-state index contributed by atoms with van der Waals surface area (Å²) in [5.41, 5.74) is -0.251. The zero-order valence-electron chi connectivity index (χ0n) is 10.1. The molecular weight excluding hydrogens is 223 g/mol. The molecule has 1 aromatic heterocycles. The quantitative estimate of drug-likeness (QED) is 0.837. The molecule has 1 fully saturated rings. The average Bonchev–Trinajstić information content (AvgIpc) is 2.70. The van der Waals surface area contributed by atoms with Crippen LogP contribution in [0.25, 0.3) is 0 Å². The van der Waals surface area contributed by atoms with Crippen molar-refractivity contribution in [3.8, 4) is 0 Å². The van der Waals surface area contributed by atoms with Crippen LogP contribution in [0.2, 0.25) is 0 Å². The number of aromatic nitrogens is 2. The Morgan fingerprint density at radius 3 is 3.06 bits per heavy atom. The van der Waals surface area contributed by atoms with Crippen LogP contribution in [0.1, 0.15) is 20.3 Å². The third-order valence-electron chi connectivity index (χ3n) is 2.72. The predicted octanol–water partition coefficient (Wildman–Crippen LogP) is 1.64. The van der Waals surface area contributed by atoms with Crippen LogP contribution in [-0.4, -0.2) is 35.3 Å². The number of halogens is 1. The summed E-state index contributed by atoms with van der Waals surface area (Å²) in [6.07, 6.45) is 2.01. The minimum atomic E-state index is -0.445. The molecule has 2 heterocycles. The van der Waals surface area contributed by atoms with Crippen LogP contribution >= 0.6 is 0 Å². The first-order valence-electron chi connectivity index (χ1n) is 5.75. The van der Waals surface area contributed by atoms with E-state index in [1.807, 2.05) is 13.8 Å². The third kappa shape index (κ3) is 2.82. The molecule has 1 aliphatic heterocycles. The van der Waals surface area contributed by atoms with Gasteiger partial charge in [0.15, 0.2) is 11.6 Å². The smallest absolute Gasteiger partial charge is 0.224 e. The molecule has 94 valence electrons. The van der Waals surface area contributed by atoms with Gasteiger partial charge in [0.1, 0.15) is 0 Å². The summed E-state index contributed by atoms with van der Waals surface area (Å²) in [4.78, 5) is 7.96. The normalized spacial score (nSPS) is 23.7. The molecule has 2 N–H and O–H groups in total. The molecule has 1 aromatic rings. The Hall–Kier alpha value is -1.43. The first-order chi connectivity index (χ1) is 8.13. The van der Waals surface area contributed by atoms with Crippen molar-refractivity contribution in [3.05, 3.63) is 12.0 Å². The maximum absolute atomic E-state index is 13.6. The Balaban J connectivity index is 2.16. The maximum atomic E-state index is 13.6. The topological polar surface area (TPSA) is 59.1 Å². The maximum Gasteiger partial charge on any atom is 0.224 e. The van der Waals surface area contributed by atoms with Gasteiger partial charge in [-0.2, -0.15) is 4.98 Å². The van der Waals surface area contributed by atoms with Gasteiger partial charge in [-0.15, -0.1) is 0 Å². The molecule has 0 aromatic carbocycles. The zero-order valence-corrected chi connectivity index (χ0v) is 10.1. The Morgan fingerprint density at radius 2 is 2.41 bits per heavy atom. The molecule has 0 bridgehead atoms. The van der Waals surface area contributed by atoms with Gasteiger partial charge < -0.3 is 15.4 Å². The first-order valence-corrected chi connectivity index (χ1v) is 5.75. The lowest BCUT2D eigenvalue weighted by Crippen LogP contribution is -2.35. The Labute approximate surface area is 99.8 Å². The minimum Gasteiger partial charge on any atom is -0.379 e. The molecule has 0 saturated carbocycles. The third-order valence-corrected chi connectivity index (χ3v) is 2.72. The number of rotatable bonds is 4. The van der Waals surface area contributed by atoms with Crippen molar-refractivity contribution >= 4 is 11.8 Å². The highest BCUT2D eigenvalue weighted by atomic mass is 19.1. The second-order valence-electron chi connectivity index (χ2n) is 4.41. The molecule has 5 nitrogen and oxygen atoms in total. The second kappa shape index (κ2) is 4.83. The molecule has 0 aliphatic carbocycles. The van der Waals surface area contributed by atoms with E-state index in [9.17, 15) is 4.39 Å². The van der Waals surface area contributed by atoms with E-state index in [2.05, 4.69) is 20.6 Å². The van der Waals surface area contributed by atoms with Crippen molar-refractivity contribution in [2.75, 3.05) is 30.4 Å². The number of ether oxygens (including phenoxy) is 1. The summed E-state index contributed by atoms with van der Waals surface area (Å²) in [6, 6.07) is 0. The molecule has 17 heavy (non-hydrogen) atoms. The number of anilines is 2. The molecule has 0 radical (unpaired) electrons. The van der Waals surface area contributed by atoms with Gasteiger partial charge in [0.25, 0.3) is 0 Å². The lowest BCUT2D eigenvalue weighted by atomic mass is 10.0. The van der Waals surface area contributed by atoms with E-state index >= 15 is 0 Å². The second-order valence-corrected chi connectivity index (χ2v) is 4.41. The van der Waals surface area contributed by atoms with Crippen LogP contribution in [-0.2, 0) is 4.74 Å². The highest BCUT2D eigenvalue weighted by molar-refractivity contribution is 5.43. The summed E-state index contributed by atoms with van der Waals surface area (Å²) in [7, 11) is 0. The van der Waals surface area contributed by atoms with Gasteiger partial charge in [0, 0.05) is 13.2 Å². The van der Waals surface area contributed by atoms with Crippen LogP contribution in [0.15, 0.2) is 6.20 Å². The van der Waals surface area contributed by atoms with E-state index in [0.29, 0.717) is 25.7 Å². The fraction of sp³-hybridized carbons (Fsp3) is 0.636. The van der Waals surface area contributed by atoms with Crippen molar-refractivity contribution < 1.29 is 9.13 Å². The molecule has 1 unspecified atom stereocenters. The Bertz CT molecular complexity index is 393. The van der Waals surface area contributed by atoms with Crippen LogP contribution in [0.4, 0.5) is 16.2 Å². The number of hydrogen-bond acceptors (Lipinski definition) is 5. The largest absolute Gasteiger partial charge is 0.379 e. The molecule has 1 atom stereocenters. The van der Waals surface area contributed by atoms with Crippen LogP contribution in [0.3, 0.4) is 0 Å². The van der Waals surface area contributed by atoms with Crippen LogP contribution < -0.4 is 10.6 Å². The average molecular weight is 240 g/mol. The van der Waals surface area contributed by atoms with Gasteiger partial charge in [-0.25, -0.2) is 9.37 Å². The Morgan fingerprint density at radius 1 is 1.59 bits per heavy atom. The zero-order chi connectivity index (χ0) is 12.3. The first kappa shape index (κ1) is 12.0. The highest BCUT2D eigenvalue weighted by Crippen LogP contribution is 2.24. The molecule has 2 rings (SSSR count).